The summed E-state index contributed by atoms with van der Waals surface area (Å²) < 4.78 is 10.5. The van der Waals surface area contributed by atoms with Crippen LogP contribution in [0.2, 0.25) is 0 Å². The molecule has 26 heavy (non-hydrogen) atoms. The number of amides is 1. The molecule has 1 saturated heterocycles. The molecule has 1 fully saturated rings. The van der Waals surface area contributed by atoms with E-state index in [1.165, 1.54) is 12.8 Å². The fraction of sp³-hybridized carbons (Fsp3) is 0.400. The van der Waals surface area contributed by atoms with Crippen molar-refractivity contribution in [1.82, 2.24) is 4.98 Å². The monoisotopic (exact) mass is 355 g/mol. The first-order valence-electron chi connectivity index (χ1n) is 8.91. The molecule has 2 aromatic rings. The minimum absolute atomic E-state index is 0.0308. The summed E-state index contributed by atoms with van der Waals surface area (Å²) in [6, 6.07) is 9.41. The second-order valence-electron chi connectivity index (χ2n) is 6.33. The van der Waals surface area contributed by atoms with Gasteiger partial charge in [-0.3, -0.25) is 4.79 Å². The van der Waals surface area contributed by atoms with E-state index in [0.29, 0.717) is 30.0 Å². The Labute approximate surface area is 154 Å². The van der Waals surface area contributed by atoms with Crippen LogP contribution in [0.5, 0.6) is 11.5 Å². The summed E-state index contributed by atoms with van der Waals surface area (Å²) in [6.07, 6.45) is 5.37. The number of ether oxygens (including phenoxy) is 2. The molecule has 1 aromatic carbocycles. The number of aryl methyl sites for hydroxylation is 1. The Bertz CT molecular complexity index is 758. The zero-order valence-electron chi connectivity index (χ0n) is 15.3. The van der Waals surface area contributed by atoms with E-state index in [4.69, 9.17) is 9.47 Å². The van der Waals surface area contributed by atoms with Gasteiger partial charge in [0.2, 0.25) is 5.91 Å². The third kappa shape index (κ3) is 4.45. The van der Waals surface area contributed by atoms with Gasteiger partial charge in [-0.2, -0.15) is 0 Å². The number of benzene rings is 1. The van der Waals surface area contributed by atoms with E-state index in [0.717, 1.165) is 24.5 Å². The summed E-state index contributed by atoms with van der Waals surface area (Å²) >= 11 is 0. The van der Waals surface area contributed by atoms with Gasteiger partial charge in [0, 0.05) is 37.5 Å². The van der Waals surface area contributed by atoms with E-state index < -0.39 is 0 Å². The molecule has 2 heterocycles. The fourth-order valence-electron chi connectivity index (χ4n) is 3.13. The van der Waals surface area contributed by atoms with Gasteiger partial charge in [-0.1, -0.05) is 0 Å². The van der Waals surface area contributed by atoms with Crippen molar-refractivity contribution in [3.63, 3.8) is 0 Å². The topological polar surface area (TPSA) is 63.7 Å². The first-order chi connectivity index (χ1) is 12.7. The molecule has 1 N–H and O–H groups in total. The summed E-state index contributed by atoms with van der Waals surface area (Å²) in [6.45, 7) is 2.13. The van der Waals surface area contributed by atoms with Gasteiger partial charge in [0.15, 0.2) is 11.5 Å². The highest BCUT2D eigenvalue weighted by atomic mass is 16.5. The summed E-state index contributed by atoms with van der Waals surface area (Å²) in [5.74, 6) is 2.21. The lowest BCUT2D eigenvalue weighted by atomic mass is 10.1. The minimum Gasteiger partial charge on any atom is -0.493 e. The summed E-state index contributed by atoms with van der Waals surface area (Å²) in [5.41, 5.74) is 1.82. The van der Waals surface area contributed by atoms with Gasteiger partial charge in [0.1, 0.15) is 5.82 Å². The van der Waals surface area contributed by atoms with Gasteiger partial charge < -0.3 is 19.7 Å². The van der Waals surface area contributed by atoms with E-state index in [2.05, 4.69) is 21.3 Å². The molecule has 1 aromatic heterocycles. The lowest BCUT2D eigenvalue weighted by molar-refractivity contribution is -0.116. The largest absolute Gasteiger partial charge is 0.493 e. The molecule has 6 heteroatoms. The number of carbonyl (C=O) groups excluding carboxylic acids is 1. The quantitative estimate of drug-likeness (QED) is 0.826. The van der Waals surface area contributed by atoms with E-state index in [1.807, 2.05) is 12.3 Å². The Morgan fingerprint density at radius 3 is 2.62 bits per heavy atom. The number of carbonyl (C=O) groups is 1. The molecule has 6 nitrogen and oxygen atoms in total. The number of aromatic nitrogens is 1. The predicted molar refractivity (Wildman–Crippen MR) is 102 cm³/mol. The predicted octanol–water partition coefficient (Wildman–Crippen LogP) is 3.27. The first-order valence-corrected chi connectivity index (χ1v) is 8.91. The van der Waals surface area contributed by atoms with E-state index >= 15 is 0 Å². The highest BCUT2D eigenvalue weighted by molar-refractivity contribution is 5.91. The second-order valence-corrected chi connectivity index (χ2v) is 6.33. The standard InChI is InChI=1S/C20H25N3O3/c1-25-17-7-6-16(14-18(17)26-2)22-20(24)8-5-15-9-10-21-19(13-15)23-11-3-4-12-23/h6-7,9-10,13-14H,3-5,8,11-12H2,1-2H3,(H,22,24). The summed E-state index contributed by atoms with van der Waals surface area (Å²) in [5, 5.41) is 2.91. The van der Waals surface area contributed by atoms with Crippen molar-refractivity contribution in [2.75, 3.05) is 37.5 Å². The second kappa shape index (κ2) is 8.56. The number of nitrogens with one attached hydrogen (secondary N) is 1. The molecular weight excluding hydrogens is 330 g/mol. The zero-order valence-corrected chi connectivity index (χ0v) is 15.3. The van der Waals surface area contributed by atoms with Crippen molar-refractivity contribution in [3.8, 4) is 11.5 Å². The highest BCUT2D eigenvalue weighted by Crippen LogP contribution is 2.29. The van der Waals surface area contributed by atoms with Crippen molar-refractivity contribution in [3.05, 3.63) is 42.1 Å². The van der Waals surface area contributed by atoms with Crippen LogP contribution in [-0.2, 0) is 11.2 Å². The Hall–Kier alpha value is -2.76. The van der Waals surface area contributed by atoms with Crippen LogP contribution < -0.4 is 19.7 Å². The van der Waals surface area contributed by atoms with Crippen LogP contribution in [0.3, 0.4) is 0 Å². The third-order valence-electron chi connectivity index (χ3n) is 4.55. The number of rotatable bonds is 7. The van der Waals surface area contributed by atoms with E-state index in [9.17, 15) is 4.79 Å². The molecule has 0 aliphatic carbocycles. The molecule has 0 atom stereocenters. The molecule has 0 saturated carbocycles. The molecule has 0 bridgehead atoms. The molecular formula is C20H25N3O3. The number of nitrogens with zero attached hydrogens (tertiary/aromatic N) is 2. The van der Waals surface area contributed by atoms with Crippen LogP contribution in [0.1, 0.15) is 24.8 Å². The molecule has 3 rings (SSSR count). The Kier molecular flexibility index (Phi) is 5.94. The van der Waals surface area contributed by atoms with Crippen molar-refractivity contribution >= 4 is 17.4 Å². The van der Waals surface area contributed by atoms with Gasteiger partial charge in [0.05, 0.1) is 14.2 Å². The average molecular weight is 355 g/mol. The van der Waals surface area contributed by atoms with Crippen LogP contribution in [0.4, 0.5) is 11.5 Å². The van der Waals surface area contributed by atoms with Crippen molar-refractivity contribution in [1.29, 1.82) is 0 Å². The SMILES string of the molecule is COc1ccc(NC(=O)CCc2ccnc(N3CCCC3)c2)cc1OC. The fourth-order valence-corrected chi connectivity index (χ4v) is 3.13. The summed E-state index contributed by atoms with van der Waals surface area (Å²) in [4.78, 5) is 19.0. The lowest BCUT2D eigenvalue weighted by Gasteiger charge is -2.16. The molecule has 0 radical (unpaired) electrons. The molecule has 1 aliphatic heterocycles. The minimum atomic E-state index is -0.0308. The first kappa shape index (κ1) is 18.0. The van der Waals surface area contributed by atoms with Crippen LogP contribution in [0.15, 0.2) is 36.5 Å². The van der Waals surface area contributed by atoms with Gasteiger partial charge in [-0.25, -0.2) is 4.98 Å². The van der Waals surface area contributed by atoms with Crippen molar-refractivity contribution < 1.29 is 14.3 Å². The van der Waals surface area contributed by atoms with Crippen LogP contribution >= 0.6 is 0 Å². The van der Waals surface area contributed by atoms with Gasteiger partial charge in [-0.15, -0.1) is 0 Å². The van der Waals surface area contributed by atoms with E-state index in [-0.39, 0.29) is 5.91 Å². The molecule has 138 valence electrons. The Morgan fingerprint density at radius 1 is 1.12 bits per heavy atom. The summed E-state index contributed by atoms with van der Waals surface area (Å²) in [7, 11) is 3.16. The molecule has 1 aliphatic rings. The number of anilines is 2. The number of pyridine rings is 1. The van der Waals surface area contributed by atoms with Crippen molar-refractivity contribution in [2.45, 2.75) is 25.7 Å². The maximum atomic E-state index is 12.3. The van der Waals surface area contributed by atoms with Gasteiger partial charge >= 0.3 is 0 Å². The number of hydrogen-bond donors (Lipinski definition) is 1. The van der Waals surface area contributed by atoms with Crippen molar-refractivity contribution in [2.24, 2.45) is 0 Å². The maximum Gasteiger partial charge on any atom is 0.224 e. The Balaban J connectivity index is 1.56. The number of methoxy groups -OCH3 is 2. The van der Waals surface area contributed by atoms with E-state index in [1.54, 1.807) is 32.4 Å². The van der Waals surface area contributed by atoms with Crippen LogP contribution in [-0.4, -0.2) is 38.2 Å². The lowest BCUT2D eigenvalue weighted by Crippen LogP contribution is -2.19. The Morgan fingerprint density at radius 2 is 1.88 bits per heavy atom. The average Bonchev–Trinajstić information content (AvgIpc) is 3.21. The molecule has 1 amide bonds. The van der Waals surface area contributed by atoms with Gasteiger partial charge in [0.25, 0.3) is 0 Å². The molecule has 0 spiro atoms. The molecule has 0 unspecified atom stereocenters. The van der Waals surface area contributed by atoms with Gasteiger partial charge in [-0.05, 0) is 49.1 Å². The zero-order chi connectivity index (χ0) is 18.4. The smallest absolute Gasteiger partial charge is 0.224 e. The van der Waals surface area contributed by atoms with Crippen LogP contribution in [0, 0.1) is 0 Å². The highest BCUT2D eigenvalue weighted by Gasteiger charge is 2.14. The normalized spacial score (nSPS) is 13.5. The number of hydrogen-bond acceptors (Lipinski definition) is 5. The maximum absolute atomic E-state index is 12.3. The van der Waals surface area contributed by atoms with Crippen LogP contribution in [0.25, 0.3) is 0 Å². The third-order valence-corrected chi connectivity index (χ3v) is 4.55.